The van der Waals surface area contributed by atoms with Crippen LogP contribution >= 0.6 is 15.9 Å². The number of hydrogen-bond acceptors (Lipinski definition) is 4. The minimum atomic E-state index is -1.26. The number of carbonyl (C=O) groups excluding carboxylic acids is 1. The van der Waals surface area contributed by atoms with Crippen LogP contribution in [0, 0.1) is 0 Å². The molecule has 0 amide bonds. The van der Waals surface area contributed by atoms with Gasteiger partial charge in [-0.2, -0.15) is 0 Å². The Morgan fingerprint density at radius 1 is 1.00 bits per heavy atom. The van der Waals surface area contributed by atoms with E-state index in [2.05, 4.69) is 47.5 Å². The summed E-state index contributed by atoms with van der Waals surface area (Å²) in [5, 5.41) is 15.6. The third kappa shape index (κ3) is 17.5. The molecule has 0 aromatic heterocycles. The monoisotopic (exact) mass is 519 g/mol. The fourth-order valence-electron chi connectivity index (χ4n) is 2.72. The molecule has 2 N–H and O–H groups in total. The van der Waals surface area contributed by atoms with Crippen LogP contribution in [0.3, 0.4) is 0 Å². The van der Waals surface area contributed by atoms with Crippen LogP contribution in [0.15, 0.2) is 76.8 Å². The standard InChI is InChI=1S/C22H30BrNO.C4H4O4/c1-5-15-24(4)16-7-10-18(2)8-6-9-19(3)17-22(25)20-11-13-21(23)14-12-20;5-3(6)1-2-4(7)8/h5,8,11-14,17H,1,6-7,9-10,15-16H2,2-4H3;1-2H,(H,5,6)(H,7,8)/b18-8+,19-17+;2-1+. The van der Waals surface area contributed by atoms with E-state index in [1.54, 1.807) is 6.08 Å². The highest BCUT2D eigenvalue weighted by molar-refractivity contribution is 9.10. The Bertz CT molecular complexity index is 853. The highest BCUT2D eigenvalue weighted by Gasteiger charge is 2.03. The average Bonchev–Trinajstić information content (AvgIpc) is 2.73. The number of likely N-dealkylation sites (N-methyl/N-ethyl adjacent to an activating group) is 1. The SMILES string of the molecule is C=CCN(C)CCC/C(C)=C/CC/C(C)=C/C(=O)c1ccc(Br)cc1.O=C(O)/C=C/C(=O)O. The molecule has 180 valence electrons. The molecule has 0 aliphatic heterocycles. The first kappa shape index (κ1) is 30.2. The van der Waals surface area contributed by atoms with Gasteiger partial charge in [0.1, 0.15) is 0 Å². The van der Waals surface area contributed by atoms with Gasteiger partial charge in [-0.15, -0.1) is 6.58 Å². The van der Waals surface area contributed by atoms with Crippen molar-refractivity contribution < 1.29 is 24.6 Å². The van der Waals surface area contributed by atoms with Crippen molar-refractivity contribution in [2.75, 3.05) is 20.1 Å². The lowest BCUT2D eigenvalue weighted by atomic mass is 10.0. The summed E-state index contributed by atoms with van der Waals surface area (Å²) >= 11 is 3.39. The second kappa shape index (κ2) is 17.7. The van der Waals surface area contributed by atoms with Crippen LogP contribution in [-0.4, -0.2) is 53.0 Å². The Morgan fingerprint density at radius 3 is 2.09 bits per heavy atom. The summed E-state index contributed by atoms with van der Waals surface area (Å²) in [7, 11) is 2.12. The number of hydrogen-bond donors (Lipinski definition) is 2. The van der Waals surface area contributed by atoms with E-state index in [4.69, 9.17) is 10.2 Å². The Labute approximate surface area is 205 Å². The molecule has 0 unspecified atom stereocenters. The zero-order valence-corrected chi connectivity index (χ0v) is 21.2. The van der Waals surface area contributed by atoms with Gasteiger partial charge in [-0.3, -0.25) is 4.79 Å². The summed E-state index contributed by atoms with van der Waals surface area (Å²) in [6.45, 7) is 10.0. The lowest BCUT2D eigenvalue weighted by Gasteiger charge is -2.13. The van der Waals surface area contributed by atoms with Crippen LogP contribution < -0.4 is 0 Å². The number of nitrogens with zero attached hydrogens (tertiary/aromatic N) is 1. The fraction of sp³-hybridized carbons (Fsp3) is 0.346. The third-order valence-electron chi connectivity index (χ3n) is 4.46. The molecule has 0 bridgehead atoms. The highest BCUT2D eigenvalue weighted by atomic mass is 79.9. The number of rotatable bonds is 13. The molecule has 0 radical (unpaired) electrons. The van der Waals surface area contributed by atoms with Crippen LogP contribution in [0.4, 0.5) is 0 Å². The molecule has 1 aromatic carbocycles. The Morgan fingerprint density at radius 2 is 1.58 bits per heavy atom. The van der Waals surface area contributed by atoms with E-state index in [-0.39, 0.29) is 5.78 Å². The molecule has 6 nitrogen and oxygen atoms in total. The first-order valence-corrected chi connectivity index (χ1v) is 11.4. The van der Waals surface area contributed by atoms with Crippen molar-refractivity contribution in [2.24, 2.45) is 0 Å². The quantitative estimate of drug-likeness (QED) is 0.191. The van der Waals surface area contributed by atoms with Crippen molar-refractivity contribution >= 4 is 33.7 Å². The molecule has 0 aliphatic carbocycles. The largest absolute Gasteiger partial charge is 0.478 e. The number of aliphatic carboxylic acids is 2. The fourth-order valence-corrected chi connectivity index (χ4v) is 2.99. The van der Waals surface area contributed by atoms with E-state index < -0.39 is 11.9 Å². The molecule has 0 saturated carbocycles. The zero-order chi connectivity index (χ0) is 25.2. The summed E-state index contributed by atoms with van der Waals surface area (Å²) in [4.78, 5) is 33.6. The number of carboxylic acids is 2. The molecular weight excluding hydrogens is 486 g/mol. The van der Waals surface area contributed by atoms with Crippen molar-refractivity contribution in [3.63, 3.8) is 0 Å². The van der Waals surface area contributed by atoms with Crippen LogP contribution in [0.1, 0.15) is 49.9 Å². The van der Waals surface area contributed by atoms with Crippen LogP contribution in [0.2, 0.25) is 0 Å². The van der Waals surface area contributed by atoms with E-state index in [1.165, 1.54) is 12.0 Å². The molecule has 33 heavy (non-hydrogen) atoms. The van der Waals surface area contributed by atoms with Gasteiger partial charge >= 0.3 is 11.9 Å². The minimum Gasteiger partial charge on any atom is -0.478 e. The lowest BCUT2D eigenvalue weighted by Crippen LogP contribution is -2.19. The van der Waals surface area contributed by atoms with E-state index >= 15 is 0 Å². The first-order chi connectivity index (χ1) is 15.5. The van der Waals surface area contributed by atoms with Crippen LogP contribution in [0.5, 0.6) is 0 Å². The number of carbonyl (C=O) groups is 3. The van der Waals surface area contributed by atoms with Crippen molar-refractivity contribution in [1.29, 1.82) is 0 Å². The second-order valence-electron chi connectivity index (χ2n) is 7.62. The topological polar surface area (TPSA) is 94.9 Å². The summed E-state index contributed by atoms with van der Waals surface area (Å²) in [5.74, 6) is -2.43. The van der Waals surface area contributed by atoms with Gasteiger partial charge in [-0.25, -0.2) is 9.59 Å². The molecule has 1 aromatic rings. The van der Waals surface area contributed by atoms with Gasteiger partial charge in [0.15, 0.2) is 5.78 Å². The van der Waals surface area contributed by atoms with Crippen molar-refractivity contribution in [2.45, 2.75) is 39.5 Å². The third-order valence-corrected chi connectivity index (χ3v) is 4.99. The molecule has 0 spiro atoms. The van der Waals surface area contributed by atoms with Crippen molar-refractivity contribution in [3.8, 4) is 0 Å². The van der Waals surface area contributed by atoms with E-state index in [0.29, 0.717) is 12.2 Å². The smallest absolute Gasteiger partial charge is 0.328 e. The maximum Gasteiger partial charge on any atom is 0.328 e. The zero-order valence-electron chi connectivity index (χ0n) is 19.6. The summed E-state index contributed by atoms with van der Waals surface area (Å²) < 4.78 is 0.987. The molecule has 1 rings (SSSR count). The highest BCUT2D eigenvalue weighted by Crippen LogP contribution is 2.14. The second-order valence-corrected chi connectivity index (χ2v) is 8.53. The van der Waals surface area contributed by atoms with Crippen molar-refractivity contribution in [1.82, 2.24) is 4.90 Å². The average molecular weight is 520 g/mol. The molecule has 0 fully saturated rings. The summed E-state index contributed by atoms with van der Waals surface area (Å²) in [5.41, 5.74) is 3.29. The molecule has 7 heteroatoms. The maximum atomic E-state index is 12.2. The number of halogens is 1. The number of allylic oxidation sites excluding steroid dienone is 4. The van der Waals surface area contributed by atoms with Gasteiger partial charge in [-0.05, 0) is 83.5 Å². The van der Waals surface area contributed by atoms with Gasteiger partial charge in [-0.1, -0.05) is 39.2 Å². The molecule has 0 aliphatic rings. The van der Waals surface area contributed by atoms with Gasteiger partial charge in [0.2, 0.25) is 0 Å². The number of ketones is 1. The van der Waals surface area contributed by atoms with Crippen LogP contribution in [-0.2, 0) is 9.59 Å². The molecular formula is C26H34BrNO5. The number of carboxylic acid groups (broad SMARTS) is 2. The van der Waals surface area contributed by atoms with Gasteiger partial charge < -0.3 is 15.1 Å². The van der Waals surface area contributed by atoms with Crippen molar-refractivity contribution in [3.05, 3.63) is 82.4 Å². The van der Waals surface area contributed by atoms with Gasteiger partial charge in [0, 0.05) is 28.7 Å². The Kier molecular flexibility index (Phi) is 16.3. The van der Waals surface area contributed by atoms with Gasteiger partial charge in [0.05, 0.1) is 0 Å². The summed E-state index contributed by atoms with van der Waals surface area (Å²) in [6.07, 6.45) is 11.3. The van der Waals surface area contributed by atoms with E-state index in [0.717, 1.165) is 48.0 Å². The minimum absolute atomic E-state index is 0.0796. The summed E-state index contributed by atoms with van der Waals surface area (Å²) in [6, 6.07) is 7.50. The van der Waals surface area contributed by atoms with E-state index in [9.17, 15) is 14.4 Å². The van der Waals surface area contributed by atoms with Gasteiger partial charge in [0.25, 0.3) is 0 Å². The van der Waals surface area contributed by atoms with E-state index in [1.807, 2.05) is 37.3 Å². The first-order valence-electron chi connectivity index (χ1n) is 10.6. The van der Waals surface area contributed by atoms with Crippen LogP contribution in [0.25, 0.3) is 0 Å². The Balaban J connectivity index is 0.00000109. The predicted octanol–water partition coefficient (Wildman–Crippen LogP) is 5.91. The normalized spacial score (nSPS) is 11.8. The molecule has 0 heterocycles. The predicted molar refractivity (Wildman–Crippen MR) is 137 cm³/mol. The molecule has 0 saturated heterocycles. The lowest BCUT2D eigenvalue weighted by molar-refractivity contribution is -0.134. The maximum absolute atomic E-state index is 12.2. The number of benzene rings is 1. The Hall–Kier alpha value is -2.77. The molecule has 0 atom stereocenters.